The van der Waals surface area contributed by atoms with Crippen molar-refractivity contribution in [3.8, 4) is 0 Å². The summed E-state index contributed by atoms with van der Waals surface area (Å²) in [5, 5.41) is 0. The van der Waals surface area contributed by atoms with E-state index in [2.05, 4.69) is 18.2 Å². The summed E-state index contributed by atoms with van der Waals surface area (Å²) in [7, 11) is 1.07. The fourth-order valence-electron chi connectivity index (χ4n) is 0.326. The molecule has 0 bridgehead atoms. The fourth-order valence-corrected chi connectivity index (χ4v) is 0.724. The summed E-state index contributed by atoms with van der Waals surface area (Å²) in [5.41, 5.74) is 1.03. The van der Waals surface area contributed by atoms with Crippen molar-refractivity contribution in [2.75, 3.05) is 0 Å². The zero-order valence-corrected chi connectivity index (χ0v) is 6.44. The molecule has 0 saturated carbocycles. The summed E-state index contributed by atoms with van der Waals surface area (Å²) in [4.78, 5) is 4.02. The third kappa shape index (κ3) is 5.19. The van der Waals surface area contributed by atoms with Gasteiger partial charge in [0.05, 0.1) is 5.42 Å². The Morgan fingerprint density at radius 2 is 2.22 bits per heavy atom. The average molecular weight is 139 g/mol. The van der Waals surface area contributed by atoms with E-state index in [-0.39, 0.29) is 0 Å². The number of hydrogen-bond acceptors (Lipinski definition) is 0. The Morgan fingerprint density at radius 3 is 2.67 bits per heavy atom. The first kappa shape index (κ1) is 8.32. The van der Waals surface area contributed by atoms with Crippen LogP contribution in [0.15, 0.2) is 30.0 Å². The first-order chi connectivity index (χ1) is 4.31. The van der Waals surface area contributed by atoms with Gasteiger partial charge in [0.1, 0.15) is 0 Å². The van der Waals surface area contributed by atoms with E-state index < -0.39 is 0 Å². The van der Waals surface area contributed by atoms with E-state index in [9.17, 15) is 0 Å². The van der Waals surface area contributed by atoms with Gasteiger partial charge >= 0.3 is 0 Å². The Kier molecular flexibility index (Phi) is 5.04. The summed E-state index contributed by atoms with van der Waals surface area (Å²) in [6, 6.07) is 0. The van der Waals surface area contributed by atoms with Gasteiger partial charge in [-0.25, -0.2) is 0 Å². The first-order valence-corrected chi connectivity index (χ1v) is 3.58. The second kappa shape index (κ2) is 5.46. The van der Waals surface area contributed by atoms with Crippen molar-refractivity contribution < 1.29 is 0 Å². The highest BCUT2D eigenvalue weighted by atomic mass is 31.1. The van der Waals surface area contributed by atoms with E-state index in [1.54, 1.807) is 18.1 Å². The molecule has 0 aliphatic carbocycles. The maximum Gasteiger partial charge on any atom is 0.0640 e. The molecule has 2 heteroatoms. The lowest BCUT2D eigenvalue weighted by Crippen LogP contribution is -1.77. The van der Waals surface area contributed by atoms with Gasteiger partial charge in [-0.05, 0) is 12.7 Å². The van der Waals surface area contributed by atoms with Crippen LogP contribution in [-0.4, -0.2) is 11.6 Å². The van der Waals surface area contributed by atoms with Crippen LogP contribution >= 0.6 is 8.20 Å². The Bertz CT molecular complexity index is 156. The largest absolute Gasteiger partial charge is 0.257 e. The van der Waals surface area contributed by atoms with E-state index in [0.717, 1.165) is 13.6 Å². The van der Waals surface area contributed by atoms with Gasteiger partial charge in [0.2, 0.25) is 0 Å². The molecule has 0 spiro atoms. The molecular formula is C7H10NP. The molecule has 0 aliphatic rings. The molecule has 0 unspecified atom stereocenters. The van der Waals surface area contributed by atoms with Crippen LogP contribution in [0.5, 0.6) is 0 Å². The number of rotatable bonds is 3. The van der Waals surface area contributed by atoms with Crippen LogP contribution in [-0.2, 0) is 0 Å². The van der Waals surface area contributed by atoms with Crippen molar-refractivity contribution in [3.63, 3.8) is 0 Å². The smallest absolute Gasteiger partial charge is 0.0640 e. The number of aliphatic imine (C=N–C) groups is 1. The number of hydrogen-bond donors (Lipinski definition) is 0. The van der Waals surface area contributed by atoms with Crippen LogP contribution in [0.1, 0.15) is 6.92 Å². The van der Waals surface area contributed by atoms with Gasteiger partial charge < -0.3 is 0 Å². The Balaban J connectivity index is 3.88. The lowest BCUT2D eigenvalue weighted by molar-refractivity contribution is 1.72. The minimum absolute atomic E-state index is 1.03. The summed E-state index contributed by atoms with van der Waals surface area (Å²) < 4.78 is 0. The van der Waals surface area contributed by atoms with Gasteiger partial charge in [-0.15, -0.1) is 0 Å². The average Bonchev–Trinajstić information content (AvgIpc) is 1.85. The lowest BCUT2D eigenvalue weighted by Gasteiger charge is -1.82. The van der Waals surface area contributed by atoms with Crippen LogP contribution in [0.2, 0.25) is 0 Å². The molecule has 0 N–H and O–H groups in total. The maximum absolute atomic E-state index is 4.02. The van der Waals surface area contributed by atoms with Gasteiger partial charge in [0.15, 0.2) is 0 Å². The van der Waals surface area contributed by atoms with Crippen LogP contribution in [0.25, 0.3) is 0 Å². The zero-order chi connectivity index (χ0) is 7.11. The van der Waals surface area contributed by atoms with Crippen molar-refractivity contribution in [2.24, 2.45) is 4.99 Å². The van der Waals surface area contributed by atoms with Gasteiger partial charge in [-0.1, -0.05) is 27.4 Å². The van der Waals surface area contributed by atoms with E-state index in [0.29, 0.717) is 0 Å². The SMILES string of the molecule is C=C/C=N\C(C)=P/C=C. The van der Waals surface area contributed by atoms with Gasteiger partial charge in [-0.3, -0.25) is 4.99 Å². The van der Waals surface area contributed by atoms with E-state index in [1.165, 1.54) is 0 Å². The Morgan fingerprint density at radius 1 is 1.56 bits per heavy atom. The highest BCUT2D eigenvalue weighted by Gasteiger charge is 1.74. The molecule has 0 aromatic carbocycles. The molecule has 9 heavy (non-hydrogen) atoms. The fraction of sp³-hybridized carbons (Fsp3) is 0.143. The topological polar surface area (TPSA) is 12.4 Å². The van der Waals surface area contributed by atoms with Crippen LogP contribution < -0.4 is 0 Å². The molecule has 0 atom stereocenters. The lowest BCUT2D eigenvalue weighted by atomic mass is 10.7. The number of allylic oxidation sites excluding steroid dienone is 1. The molecule has 0 heterocycles. The minimum Gasteiger partial charge on any atom is -0.257 e. The Hall–Kier alpha value is -0.680. The monoisotopic (exact) mass is 139 g/mol. The molecule has 0 amide bonds. The zero-order valence-electron chi connectivity index (χ0n) is 5.54. The molecule has 0 aliphatic heterocycles. The summed E-state index contributed by atoms with van der Waals surface area (Å²) in [6.45, 7) is 9.02. The van der Waals surface area contributed by atoms with E-state index in [4.69, 9.17) is 0 Å². The standard InChI is InChI=1S/C7H10NP/c1-4-6-8-7(3)9-5-2/h4-6H,1-2H2,3H3/b8-6-. The molecule has 1 nitrogen and oxygen atoms in total. The predicted octanol–water partition coefficient (Wildman–Crippen LogP) is 2.48. The van der Waals surface area contributed by atoms with Crippen LogP contribution in [0.3, 0.4) is 0 Å². The van der Waals surface area contributed by atoms with Crippen LogP contribution in [0.4, 0.5) is 0 Å². The normalized spacial score (nSPS) is 11.9. The Labute approximate surface area is 57.6 Å². The third-order valence-corrected chi connectivity index (χ3v) is 1.32. The van der Waals surface area contributed by atoms with Crippen molar-refractivity contribution in [1.29, 1.82) is 0 Å². The molecule has 0 saturated heterocycles. The van der Waals surface area contributed by atoms with Gasteiger partial charge in [0.25, 0.3) is 0 Å². The highest BCUT2D eigenvalue weighted by Crippen LogP contribution is 1.99. The van der Waals surface area contributed by atoms with E-state index >= 15 is 0 Å². The van der Waals surface area contributed by atoms with Gasteiger partial charge in [-0.2, -0.15) is 0 Å². The second-order valence-corrected chi connectivity index (χ2v) is 2.64. The highest BCUT2D eigenvalue weighted by molar-refractivity contribution is 7.43. The molecule has 0 radical (unpaired) electrons. The summed E-state index contributed by atoms with van der Waals surface area (Å²) >= 11 is 0. The number of nitrogens with zero attached hydrogens (tertiary/aromatic N) is 1. The van der Waals surface area contributed by atoms with Crippen LogP contribution in [0, 0.1) is 0 Å². The minimum atomic E-state index is 1.03. The molecule has 48 valence electrons. The van der Waals surface area contributed by atoms with Crippen molar-refractivity contribution in [1.82, 2.24) is 0 Å². The third-order valence-electron chi connectivity index (χ3n) is 0.645. The van der Waals surface area contributed by atoms with Crippen molar-refractivity contribution in [2.45, 2.75) is 6.92 Å². The molecule has 0 rings (SSSR count). The van der Waals surface area contributed by atoms with Gasteiger partial charge in [0, 0.05) is 6.21 Å². The first-order valence-electron chi connectivity index (χ1n) is 2.61. The van der Waals surface area contributed by atoms with Crippen molar-refractivity contribution in [3.05, 3.63) is 25.1 Å². The molecular weight excluding hydrogens is 129 g/mol. The molecule has 0 aromatic rings. The summed E-state index contributed by atoms with van der Waals surface area (Å²) in [6.07, 6.45) is 3.33. The summed E-state index contributed by atoms with van der Waals surface area (Å²) in [5.74, 6) is 1.80. The second-order valence-electron chi connectivity index (χ2n) is 1.37. The predicted molar refractivity (Wildman–Crippen MR) is 46.5 cm³/mol. The molecule has 0 aromatic heterocycles. The maximum atomic E-state index is 4.02. The van der Waals surface area contributed by atoms with Crippen molar-refractivity contribution >= 4 is 19.8 Å². The van der Waals surface area contributed by atoms with E-state index in [1.807, 2.05) is 6.92 Å². The quantitative estimate of drug-likeness (QED) is 0.420. The molecule has 0 fully saturated rings.